The minimum Gasteiger partial charge on any atom is -0.444 e. The Labute approximate surface area is 184 Å². The second-order valence-corrected chi connectivity index (χ2v) is 15.7. The van der Waals surface area contributed by atoms with Gasteiger partial charge >= 0.3 is 6.09 Å². The summed E-state index contributed by atoms with van der Waals surface area (Å²) >= 11 is 0. The molecule has 0 atom stereocenters. The molecule has 0 aromatic carbocycles. The van der Waals surface area contributed by atoms with Gasteiger partial charge in [0.1, 0.15) is 18.1 Å². The quantitative estimate of drug-likeness (QED) is 0.464. The molecule has 0 fully saturated rings. The average molecular weight is 449 g/mol. The molecule has 0 radical (unpaired) electrons. The molecular formula is C22H33FN4O3Si. The van der Waals surface area contributed by atoms with Crippen molar-refractivity contribution in [1.82, 2.24) is 19.7 Å². The van der Waals surface area contributed by atoms with Crippen LogP contribution in [-0.4, -0.2) is 59.1 Å². The molecule has 170 valence electrons. The number of rotatable bonds is 6. The molecule has 0 aliphatic carbocycles. The molecule has 1 amide bonds. The van der Waals surface area contributed by atoms with Gasteiger partial charge in [-0.25, -0.2) is 18.9 Å². The van der Waals surface area contributed by atoms with Crippen LogP contribution >= 0.6 is 0 Å². The van der Waals surface area contributed by atoms with Crippen LogP contribution in [0.3, 0.4) is 0 Å². The van der Waals surface area contributed by atoms with Crippen LogP contribution in [-0.2, 0) is 16.2 Å². The standard InChI is InChI=1S/C22H33FN4O3Si/c1-22(2,3)30-21(28)26-9-7-16(8-10-26)19-18-13-17(23)14-24-20(18)27(25-19)15-29-11-12-31(4,5)6/h7,13-14H,8-12,15H2,1-6H3. The lowest BCUT2D eigenvalue weighted by atomic mass is 10.0. The summed E-state index contributed by atoms with van der Waals surface area (Å²) in [6.07, 6.45) is 3.43. The third kappa shape index (κ3) is 6.36. The smallest absolute Gasteiger partial charge is 0.410 e. The van der Waals surface area contributed by atoms with Crippen molar-refractivity contribution in [3.63, 3.8) is 0 Å². The second-order valence-electron chi connectivity index (χ2n) is 10.1. The molecule has 9 heteroatoms. The van der Waals surface area contributed by atoms with Crippen LogP contribution in [0.2, 0.25) is 25.7 Å². The molecular weight excluding hydrogens is 415 g/mol. The van der Waals surface area contributed by atoms with Crippen molar-refractivity contribution in [2.45, 2.75) is 65.2 Å². The highest BCUT2D eigenvalue weighted by Gasteiger charge is 2.26. The summed E-state index contributed by atoms with van der Waals surface area (Å²) in [7, 11) is -1.18. The van der Waals surface area contributed by atoms with E-state index in [2.05, 4.69) is 29.7 Å². The minimum absolute atomic E-state index is 0.275. The number of pyridine rings is 1. The zero-order valence-corrected chi connectivity index (χ0v) is 20.4. The number of ether oxygens (including phenoxy) is 2. The second kappa shape index (κ2) is 9.08. The number of hydrogen-bond donors (Lipinski definition) is 0. The van der Waals surface area contributed by atoms with Crippen LogP contribution in [0.5, 0.6) is 0 Å². The van der Waals surface area contributed by atoms with Gasteiger partial charge in [0.05, 0.1) is 11.9 Å². The number of hydrogen-bond acceptors (Lipinski definition) is 5. The molecule has 1 aliphatic rings. The third-order valence-electron chi connectivity index (χ3n) is 4.93. The molecule has 3 rings (SSSR count). The number of aromatic nitrogens is 3. The number of carbonyl (C=O) groups is 1. The van der Waals surface area contributed by atoms with Crippen molar-refractivity contribution in [3.05, 3.63) is 29.9 Å². The molecule has 3 heterocycles. The first-order valence-electron chi connectivity index (χ1n) is 10.7. The summed E-state index contributed by atoms with van der Waals surface area (Å²) < 4.78 is 26.9. The predicted molar refractivity (Wildman–Crippen MR) is 122 cm³/mol. The van der Waals surface area contributed by atoms with Gasteiger partial charge in [-0.3, -0.25) is 0 Å². The fraction of sp³-hybridized carbons (Fsp3) is 0.591. The van der Waals surface area contributed by atoms with E-state index in [-0.39, 0.29) is 12.8 Å². The van der Waals surface area contributed by atoms with E-state index in [0.717, 1.165) is 11.6 Å². The number of carbonyl (C=O) groups excluding carboxylic acids is 1. The highest BCUT2D eigenvalue weighted by molar-refractivity contribution is 6.76. The van der Waals surface area contributed by atoms with Crippen molar-refractivity contribution in [2.24, 2.45) is 0 Å². The van der Waals surface area contributed by atoms with Crippen LogP contribution in [0.4, 0.5) is 9.18 Å². The molecule has 0 N–H and O–H groups in total. The van der Waals surface area contributed by atoms with Gasteiger partial charge in [-0.1, -0.05) is 25.7 Å². The molecule has 0 saturated carbocycles. The Kier molecular flexibility index (Phi) is 6.85. The summed E-state index contributed by atoms with van der Waals surface area (Å²) in [4.78, 5) is 18.2. The van der Waals surface area contributed by atoms with E-state index in [4.69, 9.17) is 9.47 Å². The van der Waals surface area contributed by atoms with Gasteiger partial charge in [0.15, 0.2) is 5.65 Å². The van der Waals surface area contributed by atoms with Crippen molar-refractivity contribution in [1.29, 1.82) is 0 Å². The molecule has 1 aliphatic heterocycles. The van der Waals surface area contributed by atoms with Crippen LogP contribution < -0.4 is 0 Å². The zero-order chi connectivity index (χ0) is 22.8. The van der Waals surface area contributed by atoms with E-state index in [1.165, 1.54) is 12.3 Å². The predicted octanol–water partition coefficient (Wildman–Crippen LogP) is 4.91. The Balaban J connectivity index is 1.77. The normalized spacial score (nSPS) is 15.3. The molecule has 0 unspecified atom stereocenters. The molecule has 7 nitrogen and oxygen atoms in total. The number of fused-ring (bicyclic) bond motifs is 1. The van der Waals surface area contributed by atoms with Gasteiger partial charge < -0.3 is 14.4 Å². The monoisotopic (exact) mass is 448 g/mol. The topological polar surface area (TPSA) is 69.5 Å². The van der Waals surface area contributed by atoms with E-state index < -0.39 is 19.5 Å². The Hall–Kier alpha value is -2.26. The maximum Gasteiger partial charge on any atom is 0.410 e. The van der Waals surface area contributed by atoms with Crippen molar-refractivity contribution < 1.29 is 18.7 Å². The first-order chi connectivity index (χ1) is 14.4. The first kappa shape index (κ1) is 23.4. The first-order valence-corrected chi connectivity index (χ1v) is 14.4. The van der Waals surface area contributed by atoms with Crippen LogP contribution in [0.1, 0.15) is 32.9 Å². The fourth-order valence-corrected chi connectivity index (χ4v) is 4.02. The third-order valence-corrected chi connectivity index (χ3v) is 6.63. The summed E-state index contributed by atoms with van der Waals surface area (Å²) in [5.41, 5.74) is 1.73. The fourth-order valence-electron chi connectivity index (χ4n) is 3.27. The SMILES string of the molecule is CC(C)(C)OC(=O)N1CC=C(c2nn(COCC[Si](C)(C)C)c3ncc(F)cc23)CC1. The molecule has 0 saturated heterocycles. The lowest BCUT2D eigenvalue weighted by molar-refractivity contribution is 0.0270. The summed E-state index contributed by atoms with van der Waals surface area (Å²) in [5.74, 6) is -0.403. The molecule has 31 heavy (non-hydrogen) atoms. The molecule has 0 spiro atoms. The molecule has 0 bridgehead atoms. The van der Waals surface area contributed by atoms with Crippen molar-refractivity contribution >= 4 is 30.8 Å². The summed E-state index contributed by atoms with van der Waals surface area (Å²) in [6.45, 7) is 14.3. The van der Waals surface area contributed by atoms with Crippen LogP contribution in [0, 0.1) is 5.82 Å². The lowest BCUT2D eigenvalue weighted by Gasteiger charge is -2.29. The van der Waals surface area contributed by atoms with E-state index in [1.807, 2.05) is 26.8 Å². The highest BCUT2D eigenvalue weighted by atomic mass is 28.3. The Morgan fingerprint density at radius 1 is 1.29 bits per heavy atom. The number of amides is 1. The van der Waals surface area contributed by atoms with Crippen LogP contribution in [0.15, 0.2) is 18.3 Å². The minimum atomic E-state index is -1.18. The average Bonchev–Trinajstić information content (AvgIpc) is 3.01. The largest absolute Gasteiger partial charge is 0.444 e. The molecule has 2 aromatic heterocycles. The van der Waals surface area contributed by atoms with Gasteiger partial charge in [0.2, 0.25) is 0 Å². The Morgan fingerprint density at radius 2 is 2.03 bits per heavy atom. The summed E-state index contributed by atoms with van der Waals surface area (Å²) in [6, 6.07) is 2.52. The lowest BCUT2D eigenvalue weighted by Crippen LogP contribution is -2.39. The highest BCUT2D eigenvalue weighted by Crippen LogP contribution is 2.29. The van der Waals surface area contributed by atoms with E-state index in [0.29, 0.717) is 42.8 Å². The van der Waals surface area contributed by atoms with Gasteiger partial charge in [-0.05, 0) is 44.9 Å². The summed E-state index contributed by atoms with van der Waals surface area (Å²) in [5, 5.41) is 5.35. The maximum absolute atomic E-state index is 13.9. The van der Waals surface area contributed by atoms with Gasteiger partial charge in [0.25, 0.3) is 0 Å². The van der Waals surface area contributed by atoms with E-state index >= 15 is 0 Å². The van der Waals surface area contributed by atoms with E-state index in [9.17, 15) is 9.18 Å². The Bertz CT molecular complexity index is 976. The van der Waals surface area contributed by atoms with Crippen molar-refractivity contribution in [2.75, 3.05) is 19.7 Å². The number of nitrogens with zero attached hydrogens (tertiary/aromatic N) is 4. The van der Waals surface area contributed by atoms with E-state index in [1.54, 1.807) is 9.58 Å². The van der Waals surface area contributed by atoms with Gasteiger partial charge in [-0.15, -0.1) is 0 Å². The molecule has 2 aromatic rings. The van der Waals surface area contributed by atoms with Crippen LogP contribution in [0.25, 0.3) is 16.6 Å². The zero-order valence-electron chi connectivity index (χ0n) is 19.4. The number of halogens is 1. The Morgan fingerprint density at radius 3 is 2.65 bits per heavy atom. The van der Waals surface area contributed by atoms with Crippen molar-refractivity contribution in [3.8, 4) is 0 Å². The van der Waals surface area contributed by atoms with Gasteiger partial charge in [-0.2, -0.15) is 5.10 Å². The maximum atomic E-state index is 13.9. The van der Waals surface area contributed by atoms with Gasteiger partial charge in [0, 0.05) is 33.2 Å².